The molecule has 0 atom stereocenters. The van der Waals surface area contributed by atoms with Gasteiger partial charge in [0.15, 0.2) is 11.5 Å². The summed E-state index contributed by atoms with van der Waals surface area (Å²) < 4.78 is 39.5. The predicted octanol–water partition coefficient (Wildman–Crippen LogP) is 1.83. The van der Waals surface area contributed by atoms with Gasteiger partial charge in [-0.15, -0.1) is 0 Å². The maximum atomic E-state index is 11.8. The first-order chi connectivity index (χ1) is 9.27. The Bertz CT molecular complexity index is 401. The van der Waals surface area contributed by atoms with Gasteiger partial charge in [0.1, 0.15) is 19.8 Å². The van der Waals surface area contributed by atoms with Crippen LogP contribution in [0.2, 0.25) is 0 Å². The molecule has 1 aliphatic heterocycles. The molecule has 0 spiro atoms. The highest BCUT2D eigenvalue weighted by molar-refractivity contribution is 5.47. The van der Waals surface area contributed by atoms with Gasteiger partial charge in [0.25, 0.3) is 6.43 Å². The minimum atomic E-state index is -2.41. The van der Waals surface area contributed by atoms with Gasteiger partial charge in [-0.05, 0) is 6.07 Å². The lowest BCUT2D eigenvalue weighted by atomic mass is 10.1. The molecule has 1 aromatic rings. The van der Waals surface area contributed by atoms with Crippen LogP contribution in [-0.2, 0) is 11.3 Å². The Kier molecular flexibility index (Phi) is 5.35. The summed E-state index contributed by atoms with van der Waals surface area (Å²) in [7, 11) is 0. The number of para-hydroxylation sites is 1. The van der Waals surface area contributed by atoms with E-state index in [9.17, 15) is 8.78 Å². The monoisotopic (exact) mass is 273 g/mol. The molecule has 19 heavy (non-hydrogen) atoms. The third-order valence-electron chi connectivity index (χ3n) is 2.63. The van der Waals surface area contributed by atoms with E-state index < -0.39 is 13.0 Å². The van der Waals surface area contributed by atoms with Gasteiger partial charge in [0.05, 0.1) is 6.61 Å². The lowest BCUT2D eigenvalue weighted by Gasteiger charge is -2.21. The fourth-order valence-corrected chi connectivity index (χ4v) is 1.81. The Labute approximate surface area is 110 Å². The van der Waals surface area contributed by atoms with E-state index in [1.54, 1.807) is 0 Å². The minimum Gasteiger partial charge on any atom is -0.486 e. The van der Waals surface area contributed by atoms with Crippen LogP contribution in [0, 0.1) is 0 Å². The van der Waals surface area contributed by atoms with E-state index in [4.69, 9.17) is 14.2 Å². The first-order valence-electron chi connectivity index (χ1n) is 6.21. The lowest BCUT2D eigenvalue weighted by molar-refractivity contribution is 0.0187. The second-order valence-electron chi connectivity index (χ2n) is 4.08. The van der Waals surface area contributed by atoms with Crippen molar-refractivity contribution in [2.75, 3.05) is 33.0 Å². The number of hydrogen-bond acceptors (Lipinski definition) is 4. The zero-order valence-corrected chi connectivity index (χ0v) is 10.5. The Morgan fingerprint density at radius 3 is 2.95 bits per heavy atom. The van der Waals surface area contributed by atoms with Gasteiger partial charge in [0, 0.05) is 18.7 Å². The molecule has 1 heterocycles. The average Bonchev–Trinajstić information content (AvgIpc) is 2.42. The van der Waals surface area contributed by atoms with E-state index >= 15 is 0 Å². The lowest BCUT2D eigenvalue weighted by Crippen LogP contribution is -2.22. The molecule has 1 N–H and O–H groups in total. The van der Waals surface area contributed by atoms with Crippen LogP contribution in [0.3, 0.4) is 0 Å². The van der Waals surface area contributed by atoms with Crippen LogP contribution >= 0.6 is 0 Å². The van der Waals surface area contributed by atoms with Crippen molar-refractivity contribution in [1.82, 2.24) is 5.32 Å². The molecule has 0 bridgehead atoms. The number of ether oxygens (including phenoxy) is 3. The summed E-state index contributed by atoms with van der Waals surface area (Å²) in [4.78, 5) is 0. The number of halogens is 2. The highest BCUT2D eigenvalue weighted by atomic mass is 19.3. The zero-order valence-electron chi connectivity index (χ0n) is 10.5. The van der Waals surface area contributed by atoms with Gasteiger partial charge in [-0.25, -0.2) is 8.78 Å². The molecule has 0 fully saturated rings. The number of nitrogens with one attached hydrogen (secondary N) is 1. The molecule has 0 saturated heterocycles. The van der Waals surface area contributed by atoms with Crippen LogP contribution in [0.5, 0.6) is 11.5 Å². The summed E-state index contributed by atoms with van der Waals surface area (Å²) in [6, 6.07) is 5.71. The standard InChI is InChI=1S/C13H17F2NO3/c14-12(15)9-17-5-4-16-8-10-2-1-3-11-13(10)19-7-6-18-11/h1-3,12,16H,4-9H2. The normalized spacial score (nSPS) is 13.8. The van der Waals surface area contributed by atoms with Crippen molar-refractivity contribution < 1.29 is 23.0 Å². The largest absolute Gasteiger partial charge is 0.486 e. The van der Waals surface area contributed by atoms with Crippen molar-refractivity contribution in [1.29, 1.82) is 0 Å². The topological polar surface area (TPSA) is 39.7 Å². The zero-order chi connectivity index (χ0) is 13.5. The van der Waals surface area contributed by atoms with Crippen LogP contribution in [0.15, 0.2) is 18.2 Å². The molecule has 0 unspecified atom stereocenters. The highest BCUT2D eigenvalue weighted by Crippen LogP contribution is 2.33. The van der Waals surface area contributed by atoms with Gasteiger partial charge in [-0.1, -0.05) is 12.1 Å². The maximum Gasteiger partial charge on any atom is 0.261 e. The molecule has 106 valence electrons. The second kappa shape index (κ2) is 7.25. The van der Waals surface area contributed by atoms with Crippen molar-refractivity contribution in [3.05, 3.63) is 23.8 Å². The van der Waals surface area contributed by atoms with Crippen molar-refractivity contribution in [3.8, 4) is 11.5 Å². The van der Waals surface area contributed by atoms with E-state index in [0.29, 0.717) is 26.3 Å². The molecule has 1 aromatic carbocycles. The van der Waals surface area contributed by atoms with E-state index in [2.05, 4.69) is 5.32 Å². The fourth-order valence-electron chi connectivity index (χ4n) is 1.81. The minimum absolute atomic E-state index is 0.261. The smallest absolute Gasteiger partial charge is 0.261 e. The third-order valence-corrected chi connectivity index (χ3v) is 2.63. The van der Waals surface area contributed by atoms with Crippen molar-refractivity contribution in [3.63, 3.8) is 0 Å². The Hall–Kier alpha value is -1.40. The second-order valence-corrected chi connectivity index (χ2v) is 4.08. The van der Waals surface area contributed by atoms with Crippen LogP contribution in [0.25, 0.3) is 0 Å². The SMILES string of the molecule is FC(F)COCCNCc1cccc2c1OCCO2. The summed E-state index contributed by atoms with van der Waals surface area (Å²) in [5.74, 6) is 1.51. The van der Waals surface area contributed by atoms with Crippen LogP contribution in [0.4, 0.5) is 8.78 Å². The van der Waals surface area contributed by atoms with E-state index in [-0.39, 0.29) is 6.61 Å². The first kappa shape index (κ1) is 14.0. The molecular formula is C13H17F2NO3. The average molecular weight is 273 g/mol. The van der Waals surface area contributed by atoms with Gasteiger partial charge < -0.3 is 19.5 Å². The number of fused-ring (bicyclic) bond motifs is 1. The summed E-state index contributed by atoms with van der Waals surface area (Å²) >= 11 is 0. The third kappa shape index (κ3) is 4.33. The molecule has 0 radical (unpaired) electrons. The molecule has 0 saturated carbocycles. The van der Waals surface area contributed by atoms with Gasteiger partial charge in [-0.2, -0.15) is 0 Å². The Balaban J connectivity index is 1.74. The number of rotatable bonds is 7. The van der Waals surface area contributed by atoms with Crippen molar-refractivity contribution in [2.45, 2.75) is 13.0 Å². The summed E-state index contributed by atoms with van der Waals surface area (Å²) in [5, 5.41) is 3.12. The molecule has 0 amide bonds. The highest BCUT2D eigenvalue weighted by Gasteiger charge is 2.14. The number of alkyl halides is 2. The summed E-state index contributed by atoms with van der Waals surface area (Å²) in [5.41, 5.74) is 0.992. The molecule has 2 rings (SSSR count). The summed E-state index contributed by atoms with van der Waals surface area (Å²) in [6.07, 6.45) is -2.41. The predicted molar refractivity (Wildman–Crippen MR) is 66.0 cm³/mol. The fraction of sp³-hybridized carbons (Fsp3) is 0.538. The van der Waals surface area contributed by atoms with E-state index in [1.165, 1.54) is 0 Å². The molecule has 0 aromatic heterocycles. The Morgan fingerprint density at radius 1 is 1.26 bits per heavy atom. The number of benzene rings is 1. The van der Waals surface area contributed by atoms with Gasteiger partial charge >= 0.3 is 0 Å². The molecular weight excluding hydrogens is 256 g/mol. The maximum absolute atomic E-state index is 11.8. The quantitative estimate of drug-likeness (QED) is 0.769. The first-order valence-corrected chi connectivity index (χ1v) is 6.21. The van der Waals surface area contributed by atoms with Crippen LogP contribution in [-0.4, -0.2) is 39.4 Å². The summed E-state index contributed by atoms with van der Waals surface area (Å²) in [6.45, 7) is 1.95. The Morgan fingerprint density at radius 2 is 2.11 bits per heavy atom. The number of hydrogen-bond donors (Lipinski definition) is 1. The molecule has 4 nitrogen and oxygen atoms in total. The van der Waals surface area contributed by atoms with Gasteiger partial charge in [-0.3, -0.25) is 0 Å². The van der Waals surface area contributed by atoms with E-state index in [1.807, 2.05) is 18.2 Å². The van der Waals surface area contributed by atoms with Crippen LogP contribution < -0.4 is 14.8 Å². The molecule has 0 aliphatic carbocycles. The van der Waals surface area contributed by atoms with Crippen LogP contribution in [0.1, 0.15) is 5.56 Å². The molecule has 1 aliphatic rings. The molecule has 6 heteroatoms. The van der Waals surface area contributed by atoms with Crippen molar-refractivity contribution >= 4 is 0 Å². The van der Waals surface area contributed by atoms with Gasteiger partial charge in [0.2, 0.25) is 0 Å². The van der Waals surface area contributed by atoms with E-state index in [0.717, 1.165) is 17.1 Å². The van der Waals surface area contributed by atoms with Crippen molar-refractivity contribution in [2.24, 2.45) is 0 Å².